The normalized spacial score (nSPS) is 12.5. The van der Waals surface area contributed by atoms with Gasteiger partial charge in [-0.05, 0) is 18.2 Å². The highest BCUT2D eigenvalue weighted by Crippen LogP contribution is 2.48. The van der Waals surface area contributed by atoms with Crippen LogP contribution in [0, 0.1) is 0 Å². The molecule has 4 aromatic rings. The SMILES string of the molecule is C=CC(=O)Nc1ccccc1Nc1ncc2c(n1)N(Cc1cscn1)C(=O)N(c1c(Cl)c(OC)cc(OC)c1Cl)C2. The average Bonchev–Trinajstić information content (AvgIpc) is 3.50. The van der Waals surface area contributed by atoms with E-state index in [0.29, 0.717) is 39.9 Å². The van der Waals surface area contributed by atoms with Gasteiger partial charge in [-0.3, -0.25) is 14.6 Å². The van der Waals surface area contributed by atoms with Gasteiger partial charge in [0.05, 0.1) is 55.6 Å². The molecule has 0 fully saturated rings. The van der Waals surface area contributed by atoms with Gasteiger partial charge >= 0.3 is 6.03 Å². The standard InChI is InChI=1S/C27H23Cl2N7O4S/c1-4-21(37)32-17-7-5-6-8-18(17)33-26-30-10-15-11-35(24-22(28)19(39-2)9-20(40-3)23(24)29)27(38)36(25(15)34-26)12-16-13-41-14-31-16/h4-10,13-14H,1,11-12H2,2-3H3,(H,32,37)(H,30,33,34). The number of benzene rings is 2. The Morgan fingerprint density at radius 3 is 2.49 bits per heavy atom. The number of methoxy groups -OCH3 is 2. The Morgan fingerprint density at radius 1 is 1.15 bits per heavy atom. The van der Waals surface area contributed by atoms with Crippen LogP contribution in [0.1, 0.15) is 11.3 Å². The number of fused-ring (bicyclic) bond motifs is 1. The summed E-state index contributed by atoms with van der Waals surface area (Å²) in [7, 11) is 2.92. The number of nitrogens with zero attached hydrogens (tertiary/aromatic N) is 5. The van der Waals surface area contributed by atoms with E-state index >= 15 is 0 Å². The fourth-order valence-electron chi connectivity index (χ4n) is 4.19. The van der Waals surface area contributed by atoms with Crippen LogP contribution in [0.2, 0.25) is 10.0 Å². The van der Waals surface area contributed by atoms with Crippen molar-refractivity contribution in [3.8, 4) is 11.5 Å². The Balaban J connectivity index is 1.57. The molecule has 0 bridgehead atoms. The molecule has 14 heteroatoms. The van der Waals surface area contributed by atoms with E-state index in [9.17, 15) is 9.59 Å². The number of para-hydroxylation sites is 2. The minimum Gasteiger partial charge on any atom is -0.495 e. The number of carbonyl (C=O) groups excluding carboxylic acids is 2. The predicted molar refractivity (Wildman–Crippen MR) is 160 cm³/mol. The van der Waals surface area contributed by atoms with Crippen molar-refractivity contribution in [2.75, 3.05) is 34.7 Å². The molecule has 210 valence electrons. The zero-order valence-electron chi connectivity index (χ0n) is 21.9. The van der Waals surface area contributed by atoms with E-state index in [0.717, 1.165) is 0 Å². The lowest BCUT2D eigenvalue weighted by Crippen LogP contribution is -2.48. The van der Waals surface area contributed by atoms with E-state index in [2.05, 4.69) is 32.2 Å². The number of rotatable bonds is 9. The number of urea groups is 1. The maximum atomic E-state index is 14.1. The molecule has 0 radical (unpaired) electrons. The first-order valence-electron chi connectivity index (χ1n) is 12.1. The zero-order valence-corrected chi connectivity index (χ0v) is 24.2. The molecule has 1 aliphatic rings. The smallest absolute Gasteiger partial charge is 0.330 e. The van der Waals surface area contributed by atoms with Crippen molar-refractivity contribution < 1.29 is 19.1 Å². The second kappa shape index (κ2) is 12.0. The lowest BCUT2D eigenvalue weighted by Gasteiger charge is -2.36. The Hall–Kier alpha value is -4.39. The first-order chi connectivity index (χ1) is 19.8. The number of nitrogens with one attached hydrogen (secondary N) is 2. The largest absolute Gasteiger partial charge is 0.495 e. The Bertz CT molecular complexity index is 1610. The van der Waals surface area contributed by atoms with Crippen LogP contribution in [0.4, 0.5) is 33.6 Å². The number of hydrogen-bond acceptors (Lipinski definition) is 9. The van der Waals surface area contributed by atoms with Crippen LogP contribution in [0.5, 0.6) is 11.5 Å². The van der Waals surface area contributed by atoms with E-state index in [1.807, 2.05) is 5.38 Å². The fraction of sp³-hybridized carbons (Fsp3) is 0.148. The van der Waals surface area contributed by atoms with Gasteiger partial charge in [0, 0.05) is 23.2 Å². The van der Waals surface area contributed by atoms with Gasteiger partial charge < -0.3 is 20.1 Å². The summed E-state index contributed by atoms with van der Waals surface area (Å²) in [5, 5.41) is 8.02. The van der Waals surface area contributed by atoms with Crippen molar-refractivity contribution in [2.45, 2.75) is 13.1 Å². The second-order valence-electron chi connectivity index (χ2n) is 8.60. The molecule has 1 aliphatic heterocycles. The van der Waals surface area contributed by atoms with Crippen LogP contribution in [0.25, 0.3) is 0 Å². The number of anilines is 5. The van der Waals surface area contributed by atoms with Crippen molar-refractivity contribution in [3.05, 3.63) is 81.4 Å². The first-order valence-corrected chi connectivity index (χ1v) is 13.8. The minimum atomic E-state index is -0.437. The number of hydrogen-bond donors (Lipinski definition) is 2. The Kier molecular flexibility index (Phi) is 8.24. The van der Waals surface area contributed by atoms with Crippen molar-refractivity contribution in [2.24, 2.45) is 0 Å². The Morgan fingerprint density at radius 2 is 1.85 bits per heavy atom. The summed E-state index contributed by atoms with van der Waals surface area (Å²) in [6, 6.07) is 8.20. The molecule has 0 spiro atoms. The molecule has 2 N–H and O–H groups in total. The third kappa shape index (κ3) is 5.62. The van der Waals surface area contributed by atoms with Crippen LogP contribution in [0.15, 0.2) is 60.1 Å². The molecular formula is C27H23Cl2N7O4S. The molecule has 2 aromatic carbocycles. The summed E-state index contributed by atoms with van der Waals surface area (Å²) in [6.45, 7) is 3.69. The molecule has 0 aliphatic carbocycles. The fourth-order valence-corrected chi connectivity index (χ4v) is 5.44. The molecule has 3 heterocycles. The van der Waals surface area contributed by atoms with Crippen molar-refractivity contribution in [3.63, 3.8) is 0 Å². The predicted octanol–water partition coefficient (Wildman–Crippen LogP) is 6.27. The van der Waals surface area contributed by atoms with Crippen LogP contribution < -0.4 is 29.9 Å². The highest BCUT2D eigenvalue weighted by Gasteiger charge is 2.37. The number of aromatic nitrogens is 3. The quantitative estimate of drug-likeness (QED) is 0.212. The van der Waals surface area contributed by atoms with Gasteiger partial charge in [0.15, 0.2) is 0 Å². The van der Waals surface area contributed by atoms with E-state index in [4.69, 9.17) is 32.7 Å². The topological polar surface area (TPSA) is 122 Å². The second-order valence-corrected chi connectivity index (χ2v) is 10.1. The van der Waals surface area contributed by atoms with E-state index in [1.165, 1.54) is 41.4 Å². The summed E-state index contributed by atoms with van der Waals surface area (Å²) < 4.78 is 10.8. The van der Waals surface area contributed by atoms with Gasteiger partial charge in [-0.15, -0.1) is 11.3 Å². The molecule has 0 atom stereocenters. The van der Waals surface area contributed by atoms with E-state index < -0.39 is 6.03 Å². The monoisotopic (exact) mass is 611 g/mol. The molecule has 2 aromatic heterocycles. The summed E-state index contributed by atoms with van der Waals surface area (Å²) in [5.41, 5.74) is 4.29. The molecule has 3 amide bonds. The molecule has 11 nitrogen and oxygen atoms in total. The molecular weight excluding hydrogens is 589 g/mol. The molecule has 0 saturated carbocycles. The minimum absolute atomic E-state index is 0.0732. The van der Waals surface area contributed by atoms with Crippen molar-refractivity contribution >= 4 is 75.3 Å². The maximum absolute atomic E-state index is 14.1. The summed E-state index contributed by atoms with van der Waals surface area (Å²) in [4.78, 5) is 42.4. The van der Waals surface area contributed by atoms with Gasteiger partial charge in [-0.2, -0.15) is 4.98 Å². The lowest BCUT2D eigenvalue weighted by atomic mass is 10.1. The third-order valence-corrected chi connectivity index (χ3v) is 7.49. The van der Waals surface area contributed by atoms with Gasteiger partial charge in [0.2, 0.25) is 11.9 Å². The molecule has 0 saturated heterocycles. The van der Waals surface area contributed by atoms with Crippen molar-refractivity contribution in [1.82, 2.24) is 15.0 Å². The number of thiazole rings is 1. The van der Waals surface area contributed by atoms with Crippen LogP contribution >= 0.6 is 34.5 Å². The lowest BCUT2D eigenvalue weighted by molar-refractivity contribution is -0.111. The summed E-state index contributed by atoms with van der Waals surface area (Å²) >= 11 is 14.8. The van der Waals surface area contributed by atoms with Crippen molar-refractivity contribution in [1.29, 1.82) is 0 Å². The highest BCUT2D eigenvalue weighted by molar-refractivity contribution is 7.07. The zero-order chi connectivity index (χ0) is 29.1. The number of halogens is 2. The van der Waals surface area contributed by atoms with Gasteiger partial charge in [-0.25, -0.2) is 14.8 Å². The van der Waals surface area contributed by atoms with Gasteiger partial charge in [0.25, 0.3) is 0 Å². The highest BCUT2D eigenvalue weighted by atomic mass is 35.5. The third-order valence-electron chi connectivity index (χ3n) is 6.13. The van der Waals surface area contributed by atoms with Gasteiger partial charge in [-0.1, -0.05) is 41.9 Å². The molecule has 0 unspecified atom stereocenters. The summed E-state index contributed by atoms with van der Waals surface area (Å²) in [5.74, 6) is 0.826. The summed E-state index contributed by atoms with van der Waals surface area (Å²) in [6.07, 6.45) is 2.79. The van der Waals surface area contributed by atoms with E-state index in [1.54, 1.807) is 42.0 Å². The van der Waals surface area contributed by atoms with Crippen LogP contribution in [-0.4, -0.2) is 41.1 Å². The van der Waals surface area contributed by atoms with Gasteiger partial charge in [0.1, 0.15) is 27.4 Å². The number of carbonyl (C=O) groups is 2. The van der Waals surface area contributed by atoms with Crippen LogP contribution in [-0.2, 0) is 17.9 Å². The number of ether oxygens (including phenoxy) is 2. The van der Waals surface area contributed by atoms with E-state index in [-0.39, 0.29) is 40.7 Å². The molecule has 5 rings (SSSR count). The first kappa shape index (κ1) is 28.1. The number of amides is 3. The molecule has 41 heavy (non-hydrogen) atoms. The Labute approximate surface area is 249 Å². The maximum Gasteiger partial charge on any atom is 0.330 e. The average molecular weight is 612 g/mol. The van der Waals surface area contributed by atoms with Crippen LogP contribution in [0.3, 0.4) is 0 Å².